The van der Waals surface area contributed by atoms with Gasteiger partial charge in [-0.05, 0) is 30.9 Å². The number of carbonyl (C=O) groups excluding carboxylic acids is 1. The van der Waals surface area contributed by atoms with Crippen LogP contribution in [0.4, 0.5) is 0 Å². The first-order chi connectivity index (χ1) is 11.6. The van der Waals surface area contributed by atoms with Crippen LogP contribution in [0.5, 0.6) is 0 Å². The molecule has 128 valence electrons. The van der Waals surface area contributed by atoms with E-state index in [1.807, 2.05) is 29.2 Å². The molecule has 4 heteroatoms. The molecule has 0 bridgehead atoms. The fourth-order valence-electron chi connectivity index (χ4n) is 2.97. The number of hydrogen-bond acceptors (Lipinski definition) is 2. The first-order valence-electron chi connectivity index (χ1n) is 8.57. The number of rotatable bonds is 8. The maximum absolute atomic E-state index is 12.1. The summed E-state index contributed by atoms with van der Waals surface area (Å²) >= 11 is 0. The lowest BCUT2D eigenvalue weighted by molar-refractivity contribution is -0.128. The molecule has 1 aliphatic heterocycles. The van der Waals surface area contributed by atoms with E-state index in [2.05, 4.69) is 19.1 Å². The largest absolute Gasteiger partial charge is 0.478 e. The summed E-state index contributed by atoms with van der Waals surface area (Å²) in [6.45, 7) is 2.69. The summed E-state index contributed by atoms with van der Waals surface area (Å²) in [4.78, 5) is 25.3. The van der Waals surface area contributed by atoms with Gasteiger partial charge in [0, 0.05) is 13.0 Å². The predicted molar refractivity (Wildman–Crippen MR) is 95.0 cm³/mol. The highest BCUT2D eigenvalue weighted by Crippen LogP contribution is 2.21. The van der Waals surface area contributed by atoms with Gasteiger partial charge < -0.3 is 10.0 Å². The van der Waals surface area contributed by atoms with E-state index < -0.39 is 5.97 Å². The van der Waals surface area contributed by atoms with E-state index in [1.54, 1.807) is 12.1 Å². The van der Waals surface area contributed by atoms with Gasteiger partial charge in [-0.15, -0.1) is 0 Å². The number of carboxylic acid groups (broad SMARTS) is 1. The van der Waals surface area contributed by atoms with Crippen LogP contribution < -0.4 is 0 Å². The van der Waals surface area contributed by atoms with Crippen molar-refractivity contribution < 1.29 is 14.7 Å². The van der Waals surface area contributed by atoms with Crippen LogP contribution in [0.1, 0.15) is 48.5 Å². The van der Waals surface area contributed by atoms with Crippen molar-refractivity contribution in [2.75, 3.05) is 6.54 Å². The molecule has 1 saturated heterocycles. The first kappa shape index (κ1) is 18.0. The summed E-state index contributed by atoms with van der Waals surface area (Å²) in [7, 11) is 0. The Labute approximate surface area is 143 Å². The summed E-state index contributed by atoms with van der Waals surface area (Å²) in [6.07, 6.45) is 12.4. The number of likely N-dealkylation sites (tertiary alicyclic amines) is 1. The number of aromatic carboxylic acids is 1. The van der Waals surface area contributed by atoms with Gasteiger partial charge in [-0.2, -0.15) is 0 Å². The molecule has 1 aromatic rings. The van der Waals surface area contributed by atoms with Gasteiger partial charge in [0.15, 0.2) is 0 Å². The average molecular weight is 327 g/mol. The standard InChI is InChI=1S/C20H25NO3/c1-2-3-4-5-6-10-17-12-13-19(22)21(17)15-14-16-9-7-8-11-18(16)20(23)24/h4-11,17H,2-3,12-15H2,1H3,(H,23,24)/b5-4+,10-6+/t17-/m0/s1. The zero-order chi connectivity index (χ0) is 17.4. The molecule has 4 nitrogen and oxygen atoms in total. The molecule has 24 heavy (non-hydrogen) atoms. The third-order valence-corrected chi connectivity index (χ3v) is 4.28. The molecule has 1 aliphatic rings. The Balaban J connectivity index is 1.99. The van der Waals surface area contributed by atoms with E-state index in [9.17, 15) is 14.7 Å². The van der Waals surface area contributed by atoms with E-state index >= 15 is 0 Å². The lowest BCUT2D eigenvalue weighted by Crippen LogP contribution is -2.33. The van der Waals surface area contributed by atoms with Crippen molar-refractivity contribution >= 4 is 11.9 Å². The van der Waals surface area contributed by atoms with Crippen LogP contribution in [0, 0.1) is 0 Å². The van der Waals surface area contributed by atoms with Crippen LogP contribution in [0.25, 0.3) is 0 Å². The molecule has 1 atom stereocenters. The Morgan fingerprint density at radius 1 is 1.33 bits per heavy atom. The number of allylic oxidation sites excluding steroid dienone is 3. The highest BCUT2D eigenvalue weighted by atomic mass is 16.4. The Morgan fingerprint density at radius 2 is 2.12 bits per heavy atom. The van der Waals surface area contributed by atoms with Gasteiger partial charge in [0.25, 0.3) is 0 Å². The molecule has 2 rings (SSSR count). The number of unbranched alkanes of at least 4 members (excludes halogenated alkanes) is 1. The molecular weight excluding hydrogens is 302 g/mol. The normalized spacial score (nSPS) is 18.1. The third kappa shape index (κ3) is 4.82. The smallest absolute Gasteiger partial charge is 0.335 e. The number of carbonyl (C=O) groups is 2. The molecule has 1 aromatic carbocycles. The molecular formula is C20H25NO3. The third-order valence-electron chi connectivity index (χ3n) is 4.28. The van der Waals surface area contributed by atoms with E-state index in [4.69, 9.17) is 0 Å². The lowest BCUT2D eigenvalue weighted by Gasteiger charge is -2.22. The number of nitrogens with zero attached hydrogens (tertiary/aromatic N) is 1. The number of hydrogen-bond donors (Lipinski definition) is 1. The van der Waals surface area contributed by atoms with Crippen LogP contribution in [-0.2, 0) is 11.2 Å². The second-order valence-corrected chi connectivity index (χ2v) is 6.01. The molecule has 0 aromatic heterocycles. The van der Waals surface area contributed by atoms with Crippen molar-refractivity contribution in [2.45, 2.75) is 45.1 Å². The molecule has 0 spiro atoms. The van der Waals surface area contributed by atoms with Crippen LogP contribution in [-0.4, -0.2) is 34.5 Å². The summed E-state index contributed by atoms with van der Waals surface area (Å²) in [5, 5.41) is 9.25. The number of amides is 1. The minimum absolute atomic E-state index is 0.112. The minimum atomic E-state index is -0.921. The molecule has 0 radical (unpaired) electrons. The SMILES string of the molecule is CCC/C=C/C=C/[C@H]1CCC(=O)N1CCc1ccccc1C(=O)O. The summed E-state index contributed by atoms with van der Waals surface area (Å²) in [5.74, 6) is -0.772. The van der Waals surface area contributed by atoms with Crippen molar-refractivity contribution in [3.63, 3.8) is 0 Å². The Bertz CT molecular complexity index is 634. The highest BCUT2D eigenvalue weighted by molar-refractivity contribution is 5.89. The van der Waals surface area contributed by atoms with Gasteiger partial charge in [-0.1, -0.05) is 55.8 Å². The molecule has 0 aliphatic carbocycles. The zero-order valence-corrected chi connectivity index (χ0v) is 14.1. The summed E-state index contributed by atoms with van der Waals surface area (Å²) < 4.78 is 0. The van der Waals surface area contributed by atoms with Crippen molar-refractivity contribution in [2.24, 2.45) is 0 Å². The monoisotopic (exact) mass is 327 g/mol. The fourth-order valence-corrected chi connectivity index (χ4v) is 2.97. The van der Waals surface area contributed by atoms with Crippen LogP contribution >= 0.6 is 0 Å². The average Bonchev–Trinajstić information content (AvgIpc) is 2.93. The summed E-state index contributed by atoms with van der Waals surface area (Å²) in [6, 6.07) is 7.11. The summed E-state index contributed by atoms with van der Waals surface area (Å²) in [5.41, 5.74) is 1.09. The number of carboxylic acids is 1. The molecule has 1 heterocycles. The fraction of sp³-hybridized carbons (Fsp3) is 0.400. The minimum Gasteiger partial charge on any atom is -0.478 e. The van der Waals surface area contributed by atoms with Gasteiger partial charge in [-0.3, -0.25) is 4.79 Å². The van der Waals surface area contributed by atoms with Gasteiger partial charge in [-0.25, -0.2) is 4.79 Å². The molecule has 1 N–H and O–H groups in total. The van der Waals surface area contributed by atoms with E-state index in [0.29, 0.717) is 24.9 Å². The van der Waals surface area contributed by atoms with Gasteiger partial charge >= 0.3 is 5.97 Å². The van der Waals surface area contributed by atoms with Crippen molar-refractivity contribution in [1.29, 1.82) is 0 Å². The molecule has 0 saturated carbocycles. The first-order valence-corrected chi connectivity index (χ1v) is 8.57. The van der Waals surface area contributed by atoms with Crippen molar-refractivity contribution in [3.8, 4) is 0 Å². The second kappa shape index (κ2) is 9.06. The number of benzene rings is 1. The molecule has 1 amide bonds. The van der Waals surface area contributed by atoms with Gasteiger partial charge in [0.2, 0.25) is 5.91 Å². The van der Waals surface area contributed by atoms with Gasteiger partial charge in [0.05, 0.1) is 11.6 Å². The van der Waals surface area contributed by atoms with Crippen LogP contribution in [0.3, 0.4) is 0 Å². The molecule has 0 unspecified atom stereocenters. The van der Waals surface area contributed by atoms with E-state index in [1.165, 1.54) is 0 Å². The Kier molecular flexibility index (Phi) is 6.79. The van der Waals surface area contributed by atoms with Crippen LogP contribution in [0.2, 0.25) is 0 Å². The highest BCUT2D eigenvalue weighted by Gasteiger charge is 2.28. The quantitative estimate of drug-likeness (QED) is 0.738. The van der Waals surface area contributed by atoms with Crippen molar-refractivity contribution in [3.05, 3.63) is 59.7 Å². The van der Waals surface area contributed by atoms with E-state index in [0.717, 1.165) is 24.8 Å². The van der Waals surface area contributed by atoms with Crippen LogP contribution in [0.15, 0.2) is 48.6 Å². The Morgan fingerprint density at radius 3 is 2.88 bits per heavy atom. The maximum Gasteiger partial charge on any atom is 0.335 e. The topological polar surface area (TPSA) is 57.6 Å². The van der Waals surface area contributed by atoms with E-state index in [-0.39, 0.29) is 11.9 Å². The van der Waals surface area contributed by atoms with Crippen molar-refractivity contribution in [1.82, 2.24) is 4.90 Å². The Hall–Kier alpha value is -2.36. The predicted octanol–water partition coefficient (Wildman–Crippen LogP) is 3.83. The second-order valence-electron chi connectivity index (χ2n) is 6.01. The zero-order valence-electron chi connectivity index (χ0n) is 14.1. The van der Waals surface area contributed by atoms with Gasteiger partial charge in [0.1, 0.15) is 0 Å². The molecule has 1 fully saturated rings. The lowest BCUT2D eigenvalue weighted by atomic mass is 10.0. The maximum atomic E-state index is 12.1.